The molecule has 0 spiro atoms. The molecule has 8 nitrogen and oxygen atoms in total. The molecule has 0 atom stereocenters. The van der Waals surface area contributed by atoms with E-state index < -0.39 is 11.9 Å². The fraction of sp³-hybridized carbons (Fsp3) is 0.250. The minimum Gasteiger partial charge on any atom is -0.333 e. The molecule has 0 unspecified atom stereocenters. The van der Waals surface area contributed by atoms with Gasteiger partial charge in [0.05, 0.1) is 12.0 Å². The zero-order valence-corrected chi connectivity index (χ0v) is 22.3. The van der Waals surface area contributed by atoms with Crippen molar-refractivity contribution >= 4 is 34.1 Å². The summed E-state index contributed by atoms with van der Waals surface area (Å²) in [4.78, 5) is 28.6. The van der Waals surface area contributed by atoms with Gasteiger partial charge in [0, 0.05) is 67.1 Å². The number of aryl methyl sites for hydroxylation is 2. The Morgan fingerprint density at radius 3 is 2.62 bits per heavy atom. The molecule has 5 aromatic rings. The number of aromatic nitrogens is 6. The number of imidazole rings is 1. The van der Waals surface area contributed by atoms with Crippen LogP contribution in [0.25, 0.3) is 22.0 Å². The summed E-state index contributed by atoms with van der Waals surface area (Å²) >= 11 is 6.42. The van der Waals surface area contributed by atoms with Crippen LogP contribution in [0, 0.1) is 0 Å². The molecule has 0 fully saturated rings. The molecule has 204 valence electrons. The molecule has 6 rings (SSSR count). The smallest absolute Gasteiger partial charge is 0.333 e. The van der Waals surface area contributed by atoms with Crippen LogP contribution in [0.15, 0.2) is 55.4 Å². The number of fused-ring (bicyclic) bond motifs is 2. The van der Waals surface area contributed by atoms with Gasteiger partial charge in [0.25, 0.3) is 5.91 Å². The molecule has 12 heteroatoms. The molecule has 0 radical (unpaired) electrons. The lowest BCUT2D eigenvalue weighted by atomic mass is 9.88. The monoisotopic (exact) mass is 565 g/mol. The number of rotatable bonds is 5. The average molecular weight is 566 g/mol. The number of hydrogen-bond donors (Lipinski definition) is 0. The van der Waals surface area contributed by atoms with Gasteiger partial charge >= 0.3 is 6.18 Å². The van der Waals surface area contributed by atoms with Crippen molar-refractivity contribution in [2.24, 2.45) is 7.05 Å². The molecule has 0 bridgehead atoms. The normalized spacial score (nSPS) is 13.8. The molecule has 5 heterocycles. The zero-order chi connectivity index (χ0) is 28.2. The highest BCUT2D eigenvalue weighted by molar-refractivity contribution is 6.34. The third-order valence-corrected chi connectivity index (χ3v) is 7.31. The van der Waals surface area contributed by atoms with Crippen LogP contribution in [0.4, 0.5) is 18.9 Å². The van der Waals surface area contributed by atoms with Crippen molar-refractivity contribution in [3.05, 3.63) is 88.6 Å². The second-order valence-corrected chi connectivity index (χ2v) is 10.0. The highest BCUT2D eigenvalue weighted by Gasteiger charge is 2.39. The maximum Gasteiger partial charge on any atom is 0.435 e. The Hall–Kier alpha value is -4.25. The molecule has 0 aliphatic carbocycles. The maximum atomic E-state index is 14.1. The van der Waals surface area contributed by atoms with Crippen LogP contribution < -0.4 is 4.90 Å². The lowest BCUT2D eigenvalue weighted by Gasteiger charge is -2.31. The van der Waals surface area contributed by atoms with E-state index in [-0.39, 0.29) is 23.2 Å². The van der Waals surface area contributed by atoms with Crippen molar-refractivity contribution in [3.63, 3.8) is 0 Å². The van der Waals surface area contributed by atoms with E-state index in [4.69, 9.17) is 11.6 Å². The van der Waals surface area contributed by atoms with Crippen molar-refractivity contribution in [1.29, 1.82) is 0 Å². The van der Waals surface area contributed by atoms with Crippen LogP contribution in [-0.4, -0.2) is 41.8 Å². The Morgan fingerprint density at radius 2 is 1.90 bits per heavy atom. The Kier molecular flexibility index (Phi) is 6.33. The summed E-state index contributed by atoms with van der Waals surface area (Å²) in [5.74, 6) is -0.314. The Morgan fingerprint density at radius 1 is 1.10 bits per heavy atom. The third kappa shape index (κ3) is 4.49. The minimum absolute atomic E-state index is 0.0558. The first kappa shape index (κ1) is 26.0. The minimum atomic E-state index is -4.66. The van der Waals surface area contributed by atoms with E-state index in [0.717, 1.165) is 10.4 Å². The fourth-order valence-electron chi connectivity index (χ4n) is 5.27. The molecule has 40 heavy (non-hydrogen) atoms. The van der Waals surface area contributed by atoms with E-state index in [1.54, 1.807) is 52.6 Å². The molecule has 1 aliphatic heterocycles. The highest BCUT2D eigenvalue weighted by atomic mass is 35.5. The van der Waals surface area contributed by atoms with E-state index >= 15 is 0 Å². The second-order valence-electron chi connectivity index (χ2n) is 9.66. The summed E-state index contributed by atoms with van der Waals surface area (Å²) in [6.45, 7) is 2.55. The van der Waals surface area contributed by atoms with Crippen molar-refractivity contribution in [3.8, 4) is 11.1 Å². The number of benzene rings is 1. The van der Waals surface area contributed by atoms with Crippen molar-refractivity contribution in [2.75, 3.05) is 11.4 Å². The van der Waals surface area contributed by atoms with E-state index in [1.165, 1.54) is 13.2 Å². The standard InChI is InChI=1S/C28H23ClF3N7O/c1-3-17-12-21-23(4-6-34-24(21)26(29)35-17)39-8-5-18-19(22-14-37(2)36-25(22)28(30,31)32)10-16(11-20(18)27(39)40)13-38-9-7-33-15-38/h4,6-7,9-12,14-15H,3,5,8,13H2,1-2H3. The first-order valence-corrected chi connectivity index (χ1v) is 13.0. The second kappa shape index (κ2) is 9.74. The molecular formula is C28H23ClF3N7O. The van der Waals surface area contributed by atoms with Crippen LogP contribution >= 0.6 is 11.6 Å². The summed E-state index contributed by atoms with van der Waals surface area (Å²) in [5.41, 5.74) is 2.74. The van der Waals surface area contributed by atoms with Crippen LogP contribution in [0.1, 0.15) is 39.8 Å². The number of nitrogens with zero attached hydrogens (tertiary/aromatic N) is 7. The average Bonchev–Trinajstić information content (AvgIpc) is 3.58. The lowest BCUT2D eigenvalue weighted by Crippen LogP contribution is -2.38. The van der Waals surface area contributed by atoms with Gasteiger partial charge in [0.1, 0.15) is 5.52 Å². The van der Waals surface area contributed by atoms with Crippen LogP contribution in [0.2, 0.25) is 5.15 Å². The molecule has 0 saturated carbocycles. The van der Waals surface area contributed by atoms with E-state index in [0.29, 0.717) is 58.2 Å². The quantitative estimate of drug-likeness (QED) is 0.255. The van der Waals surface area contributed by atoms with Gasteiger partial charge in [-0.05, 0) is 53.8 Å². The van der Waals surface area contributed by atoms with Gasteiger partial charge in [-0.1, -0.05) is 18.5 Å². The molecule has 1 aromatic carbocycles. The number of carbonyl (C=O) groups is 1. The molecule has 0 N–H and O–H groups in total. The summed E-state index contributed by atoms with van der Waals surface area (Å²) in [5, 5.41) is 4.65. The topological polar surface area (TPSA) is 81.7 Å². The number of hydrogen-bond acceptors (Lipinski definition) is 5. The SMILES string of the molecule is CCc1cc2c(N3CCc4c(cc(Cn5ccnc5)cc4-c4cn(C)nc4C(F)(F)F)C3=O)ccnc2c(Cl)n1. The summed E-state index contributed by atoms with van der Waals surface area (Å²) in [6.07, 6.45) is 4.25. The van der Waals surface area contributed by atoms with E-state index in [2.05, 4.69) is 20.1 Å². The molecule has 1 amide bonds. The Balaban J connectivity index is 1.53. The highest BCUT2D eigenvalue weighted by Crippen LogP contribution is 2.41. The number of pyridine rings is 2. The van der Waals surface area contributed by atoms with Crippen molar-refractivity contribution in [2.45, 2.75) is 32.5 Å². The maximum absolute atomic E-state index is 14.1. The van der Waals surface area contributed by atoms with Crippen molar-refractivity contribution in [1.82, 2.24) is 29.3 Å². The van der Waals surface area contributed by atoms with Gasteiger partial charge in [-0.15, -0.1) is 0 Å². The molecular weight excluding hydrogens is 543 g/mol. The Bertz CT molecular complexity index is 1760. The number of carbonyl (C=O) groups excluding carboxylic acids is 1. The number of anilines is 1. The predicted molar refractivity (Wildman–Crippen MR) is 144 cm³/mol. The van der Waals surface area contributed by atoms with E-state index in [9.17, 15) is 18.0 Å². The van der Waals surface area contributed by atoms with Gasteiger partial charge in [-0.2, -0.15) is 18.3 Å². The molecule has 1 aliphatic rings. The number of halogens is 4. The van der Waals surface area contributed by atoms with Gasteiger partial charge in [-0.25, -0.2) is 9.97 Å². The van der Waals surface area contributed by atoms with Gasteiger partial charge in [-0.3, -0.25) is 14.5 Å². The predicted octanol–water partition coefficient (Wildman–Crippen LogP) is 5.71. The lowest BCUT2D eigenvalue weighted by molar-refractivity contribution is -0.140. The summed E-state index contributed by atoms with van der Waals surface area (Å²) in [7, 11) is 1.45. The number of amides is 1. The number of alkyl halides is 3. The van der Waals surface area contributed by atoms with Crippen LogP contribution in [0.3, 0.4) is 0 Å². The van der Waals surface area contributed by atoms with Gasteiger partial charge < -0.3 is 9.47 Å². The largest absolute Gasteiger partial charge is 0.435 e. The molecule has 4 aromatic heterocycles. The zero-order valence-electron chi connectivity index (χ0n) is 21.6. The summed E-state index contributed by atoms with van der Waals surface area (Å²) in [6, 6.07) is 7.10. The van der Waals surface area contributed by atoms with Gasteiger partial charge in [0.15, 0.2) is 10.8 Å². The van der Waals surface area contributed by atoms with Crippen LogP contribution in [-0.2, 0) is 32.6 Å². The molecule has 0 saturated heterocycles. The first-order valence-electron chi connectivity index (χ1n) is 12.6. The fourth-order valence-corrected chi connectivity index (χ4v) is 5.53. The summed E-state index contributed by atoms with van der Waals surface area (Å²) < 4.78 is 45.0. The van der Waals surface area contributed by atoms with Crippen LogP contribution in [0.5, 0.6) is 0 Å². The van der Waals surface area contributed by atoms with Crippen molar-refractivity contribution < 1.29 is 18.0 Å². The van der Waals surface area contributed by atoms with E-state index in [1.807, 2.05) is 13.0 Å². The third-order valence-electron chi connectivity index (χ3n) is 7.05. The Labute approximate surface area is 232 Å². The van der Waals surface area contributed by atoms with Gasteiger partial charge in [0.2, 0.25) is 0 Å². The first-order chi connectivity index (χ1) is 19.1.